The standard InChI is InChI=1S/C15H16N2O/c1-11(12-7-8-12)17-9-14(10-18)15(16-17)13-5-3-2-4-6-13/h2-6,9-12H,7-8H2,1H3. The predicted molar refractivity (Wildman–Crippen MR) is 70.5 cm³/mol. The van der Waals surface area contributed by atoms with Crippen LogP contribution >= 0.6 is 0 Å². The fourth-order valence-corrected chi connectivity index (χ4v) is 2.32. The molecule has 1 unspecified atom stereocenters. The van der Waals surface area contributed by atoms with Crippen LogP contribution in [0.2, 0.25) is 0 Å². The van der Waals surface area contributed by atoms with Crippen LogP contribution in [0.5, 0.6) is 0 Å². The Morgan fingerprint density at radius 2 is 2.06 bits per heavy atom. The van der Waals surface area contributed by atoms with Crippen molar-refractivity contribution >= 4 is 6.29 Å². The largest absolute Gasteiger partial charge is 0.298 e. The zero-order valence-electron chi connectivity index (χ0n) is 10.4. The van der Waals surface area contributed by atoms with E-state index in [1.54, 1.807) is 0 Å². The highest BCUT2D eigenvalue weighted by atomic mass is 16.1. The molecule has 1 atom stereocenters. The molecule has 0 amide bonds. The van der Waals surface area contributed by atoms with Crippen molar-refractivity contribution in [3.63, 3.8) is 0 Å². The first-order valence-corrected chi connectivity index (χ1v) is 6.39. The lowest BCUT2D eigenvalue weighted by atomic mass is 10.1. The lowest BCUT2D eigenvalue weighted by Crippen LogP contribution is -2.07. The van der Waals surface area contributed by atoms with E-state index in [0.717, 1.165) is 23.5 Å². The van der Waals surface area contributed by atoms with Gasteiger partial charge in [0, 0.05) is 11.8 Å². The van der Waals surface area contributed by atoms with Gasteiger partial charge in [0.25, 0.3) is 0 Å². The molecule has 0 radical (unpaired) electrons. The van der Waals surface area contributed by atoms with Gasteiger partial charge in [-0.25, -0.2) is 0 Å². The highest BCUT2D eigenvalue weighted by molar-refractivity contribution is 5.85. The number of aromatic nitrogens is 2. The first kappa shape index (κ1) is 11.2. The third-order valence-electron chi connectivity index (χ3n) is 3.66. The van der Waals surface area contributed by atoms with E-state index in [1.807, 2.05) is 41.2 Å². The molecule has 0 N–H and O–H groups in total. The maximum absolute atomic E-state index is 11.2. The summed E-state index contributed by atoms with van der Waals surface area (Å²) in [4.78, 5) is 11.2. The summed E-state index contributed by atoms with van der Waals surface area (Å²) in [6.45, 7) is 2.17. The summed E-state index contributed by atoms with van der Waals surface area (Å²) >= 11 is 0. The summed E-state index contributed by atoms with van der Waals surface area (Å²) in [5.41, 5.74) is 2.47. The van der Waals surface area contributed by atoms with Crippen LogP contribution in [0.1, 0.15) is 36.2 Å². The monoisotopic (exact) mass is 240 g/mol. The molecule has 3 heteroatoms. The summed E-state index contributed by atoms with van der Waals surface area (Å²) in [5, 5.41) is 4.60. The fourth-order valence-electron chi connectivity index (χ4n) is 2.32. The Hall–Kier alpha value is -1.90. The van der Waals surface area contributed by atoms with E-state index in [-0.39, 0.29) is 0 Å². The van der Waals surface area contributed by atoms with Crippen molar-refractivity contribution in [3.05, 3.63) is 42.1 Å². The molecule has 1 fully saturated rings. The van der Waals surface area contributed by atoms with E-state index in [4.69, 9.17) is 0 Å². The second kappa shape index (κ2) is 4.41. The molecule has 0 bridgehead atoms. The van der Waals surface area contributed by atoms with Gasteiger partial charge in [0.1, 0.15) is 5.69 Å². The zero-order valence-corrected chi connectivity index (χ0v) is 10.4. The molecule has 0 saturated heterocycles. The van der Waals surface area contributed by atoms with Crippen LogP contribution in [0.15, 0.2) is 36.5 Å². The van der Waals surface area contributed by atoms with Crippen molar-refractivity contribution in [3.8, 4) is 11.3 Å². The number of nitrogens with zero attached hydrogens (tertiary/aromatic N) is 2. The second-order valence-electron chi connectivity index (χ2n) is 4.97. The molecule has 0 spiro atoms. The number of benzene rings is 1. The van der Waals surface area contributed by atoms with Crippen molar-refractivity contribution in [2.24, 2.45) is 5.92 Å². The average molecular weight is 240 g/mol. The van der Waals surface area contributed by atoms with Crippen molar-refractivity contribution in [2.45, 2.75) is 25.8 Å². The molecule has 1 aliphatic carbocycles. The predicted octanol–water partition coefficient (Wildman–Crippen LogP) is 3.33. The lowest BCUT2D eigenvalue weighted by Gasteiger charge is -2.09. The van der Waals surface area contributed by atoms with Crippen molar-refractivity contribution in [1.29, 1.82) is 0 Å². The molecule has 18 heavy (non-hydrogen) atoms. The van der Waals surface area contributed by atoms with Crippen LogP contribution in [-0.4, -0.2) is 16.1 Å². The van der Waals surface area contributed by atoms with Gasteiger partial charge in [-0.2, -0.15) is 5.10 Å². The van der Waals surface area contributed by atoms with Crippen LogP contribution in [0.4, 0.5) is 0 Å². The van der Waals surface area contributed by atoms with Crippen LogP contribution in [-0.2, 0) is 0 Å². The van der Waals surface area contributed by atoms with E-state index in [0.29, 0.717) is 11.6 Å². The molecule has 1 aliphatic rings. The second-order valence-corrected chi connectivity index (χ2v) is 4.97. The van der Waals surface area contributed by atoms with E-state index >= 15 is 0 Å². The van der Waals surface area contributed by atoms with Crippen LogP contribution in [0.3, 0.4) is 0 Å². The minimum atomic E-state index is 0.390. The Kier molecular flexibility index (Phi) is 2.74. The van der Waals surface area contributed by atoms with Crippen molar-refractivity contribution in [2.75, 3.05) is 0 Å². The van der Waals surface area contributed by atoms with E-state index in [2.05, 4.69) is 12.0 Å². The molecule has 1 heterocycles. The summed E-state index contributed by atoms with van der Waals surface area (Å²) in [7, 11) is 0. The van der Waals surface area contributed by atoms with Crippen LogP contribution in [0, 0.1) is 5.92 Å². The van der Waals surface area contributed by atoms with Crippen molar-refractivity contribution < 1.29 is 4.79 Å². The maximum atomic E-state index is 11.2. The van der Waals surface area contributed by atoms with E-state index in [1.165, 1.54) is 12.8 Å². The average Bonchev–Trinajstić information content (AvgIpc) is 3.17. The van der Waals surface area contributed by atoms with Gasteiger partial charge >= 0.3 is 0 Å². The molecule has 92 valence electrons. The molecular formula is C15H16N2O. The number of carbonyl (C=O) groups is 1. The molecule has 0 aliphatic heterocycles. The van der Waals surface area contributed by atoms with Crippen LogP contribution < -0.4 is 0 Å². The summed E-state index contributed by atoms with van der Waals surface area (Å²) in [6, 6.07) is 10.3. The van der Waals surface area contributed by atoms with Gasteiger partial charge in [-0.05, 0) is 25.7 Å². The molecule has 3 rings (SSSR count). The molecule has 1 saturated carbocycles. The van der Waals surface area contributed by atoms with E-state index in [9.17, 15) is 4.79 Å². The Labute approximate surface area is 106 Å². The smallest absolute Gasteiger partial charge is 0.153 e. The number of aldehydes is 1. The van der Waals surface area contributed by atoms with E-state index < -0.39 is 0 Å². The number of hydrogen-bond acceptors (Lipinski definition) is 2. The summed E-state index contributed by atoms with van der Waals surface area (Å²) in [6.07, 6.45) is 5.32. The van der Waals surface area contributed by atoms with Gasteiger partial charge in [0.15, 0.2) is 6.29 Å². The molecule has 1 aromatic heterocycles. The third-order valence-corrected chi connectivity index (χ3v) is 3.66. The number of hydrogen-bond donors (Lipinski definition) is 0. The minimum absolute atomic E-state index is 0.390. The third kappa shape index (κ3) is 1.96. The molecule has 2 aromatic rings. The van der Waals surface area contributed by atoms with Gasteiger partial charge in [0.05, 0.1) is 11.6 Å². The van der Waals surface area contributed by atoms with Gasteiger partial charge in [-0.3, -0.25) is 9.48 Å². The summed E-state index contributed by atoms with van der Waals surface area (Å²) < 4.78 is 1.95. The Morgan fingerprint density at radius 1 is 1.33 bits per heavy atom. The SMILES string of the molecule is CC(C1CC1)n1cc(C=O)c(-c2ccccc2)n1. The quantitative estimate of drug-likeness (QED) is 0.768. The topological polar surface area (TPSA) is 34.9 Å². The molecule has 3 nitrogen and oxygen atoms in total. The Balaban J connectivity index is 2.01. The summed E-state index contributed by atoms with van der Waals surface area (Å²) in [5.74, 6) is 0.730. The molecule has 1 aromatic carbocycles. The zero-order chi connectivity index (χ0) is 12.5. The van der Waals surface area contributed by atoms with Gasteiger partial charge < -0.3 is 0 Å². The Morgan fingerprint density at radius 3 is 2.67 bits per heavy atom. The Bertz CT molecular complexity index is 555. The maximum Gasteiger partial charge on any atom is 0.153 e. The van der Waals surface area contributed by atoms with Gasteiger partial charge in [-0.15, -0.1) is 0 Å². The highest BCUT2D eigenvalue weighted by Gasteiger charge is 2.30. The molecular weight excluding hydrogens is 224 g/mol. The number of rotatable bonds is 4. The van der Waals surface area contributed by atoms with Gasteiger partial charge in [0.2, 0.25) is 0 Å². The first-order chi connectivity index (χ1) is 8.79. The normalized spacial score (nSPS) is 16.5. The fraction of sp³-hybridized carbons (Fsp3) is 0.333. The van der Waals surface area contributed by atoms with Crippen molar-refractivity contribution in [1.82, 2.24) is 9.78 Å². The van der Waals surface area contributed by atoms with Crippen LogP contribution in [0.25, 0.3) is 11.3 Å². The highest BCUT2D eigenvalue weighted by Crippen LogP contribution is 2.39. The lowest BCUT2D eigenvalue weighted by molar-refractivity contribution is 0.112. The number of carbonyl (C=O) groups excluding carboxylic acids is 1. The minimum Gasteiger partial charge on any atom is -0.298 e. The van der Waals surface area contributed by atoms with Gasteiger partial charge in [-0.1, -0.05) is 30.3 Å². The first-order valence-electron chi connectivity index (χ1n) is 6.39.